The molecule has 0 N–H and O–H groups in total. The van der Waals surface area contributed by atoms with Gasteiger partial charge < -0.3 is 0 Å². The summed E-state index contributed by atoms with van der Waals surface area (Å²) in [6.07, 6.45) is 8.91. The molecular formula is C14H22F2. The van der Waals surface area contributed by atoms with Crippen LogP contribution in [0, 0.1) is 11.8 Å². The van der Waals surface area contributed by atoms with E-state index in [9.17, 15) is 8.78 Å². The predicted molar refractivity (Wildman–Crippen MR) is 64.9 cm³/mol. The second-order valence-corrected chi connectivity index (χ2v) is 4.58. The van der Waals surface area contributed by atoms with Gasteiger partial charge in [-0.3, -0.25) is 0 Å². The van der Waals surface area contributed by atoms with E-state index in [2.05, 4.69) is 0 Å². The zero-order valence-corrected chi connectivity index (χ0v) is 10.2. The summed E-state index contributed by atoms with van der Waals surface area (Å²) in [6, 6.07) is 0. The molecule has 0 amide bonds. The molecule has 92 valence electrons. The Balaban J connectivity index is 2.34. The van der Waals surface area contributed by atoms with Gasteiger partial charge in [0.05, 0.1) is 0 Å². The maximum absolute atomic E-state index is 13.2. The third-order valence-electron chi connectivity index (χ3n) is 3.15. The van der Waals surface area contributed by atoms with Gasteiger partial charge in [-0.15, -0.1) is 0 Å². The molecule has 1 aliphatic rings. The van der Waals surface area contributed by atoms with E-state index < -0.39 is 12.3 Å². The summed E-state index contributed by atoms with van der Waals surface area (Å²) < 4.78 is 26.3. The predicted octanol–water partition coefficient (Wildman–Crippen LogP) is 4.62. The summed E-state index contributed by atoms with van der Waals surface area (Å²) >= 11 is 0. The molecule has 0 saturated heterocycles. The van der Waals surface area contributed by atoms with Gasteiger partial charge in [0.2, 0.25) is 0 Å². The van der Waals surface area contributed by atoms with Crippen LogP contribution >= 0.6 is 0 Å². The maximum Gasteiger partial charge on any atom is 0.101 e. The normalized spacial score (nSPS) is 28.0. The van der Waals surface area contributed by atoms with Crippen molar-refractivity contribution < 1.29 is 8.78 Å². The van der Waals surface area contributed by atoms with E-state index in [4.69, 9.17) is 0 Å². The zero-order valence-electron chi connectivity index (χ0n) is 10.2. The summed E-state index contributed by atoms with van der Waals surface area (Å²) in [4.78, 5) is 0. The van der Waals surface area contributed by atoms with Crippen molar-refractivity contribution in [2.75, 3.05) is 0 Å². The number of alkyl halides is 2. The Morgan fingerprint density at radius 1 is 0.812 bits per heavy atom. The van der Waals surface area contributed by atoms with Gasteiger partial charge in [-0.25, -0.2) is 8.78 Å². The van der Waals surface area contributed by atoms with Gasteiger partial charge >= 0.3 is 0 Å². The second kappa shape index (κ2) is 6.82. The molecule has 0 radical (unpaired) electrons. The molecule has 0 aromatic rings. The molecule has 1 rings (SSSR count). The van der Waals surface area contributed by atoms with Crippen LogP contribution in [0.15, 0.2) is 24.3 Å². The van der Waals surface area contributed by atoms with Gasteiger partial charge in [-0.1, -0.05) is 38.2 Å². The maximum atomic E-state index is 13.2. The number of hydrogen-bond donors (Lipinski definition) is 0. The fourth-order valence-corrected chi connectivity index (χ4v) is 1.94. The Morgan fingerprint density at radius 3 is 1.38 bits per heavy atom. The van der Waals surface area contributed by atoms with Crippen LogP contribution < -0.4 is 0 Å². The van der Waals surface area contributed by atoms with Gasteiger partial charge in [-0.05, 0) is 37.5 Å². The van der Waals surface area contributed by atoms with Crippen LogP contribution in [-0.2, 0) is 0 Å². The van der Waals surface area contributed by atoms with E-state index in [0.717, 1.165) is 0 Å². The Hall–Kier alpha value is -0.660. The number of halogens is 2. The first kappa shape index (κ1) is 13.4. The second-order valence-electron chi connectivity index (χ2n) is 4.58. The van der Waals surface area contributed by atoms with Crippen LogP contribution in [0.25, 0.3) is 0 Å². The average Bonchev–Trinajstić information content (AvgIpc) is 2.31. The van der Waals surface area contributed by atoms with E-state index >= 15 is 0 Å². The quantitative estimate of drug-likeness (QED) is 0.582. The number of allylic oxidation sites excluding steroid dienone is 4. The van der Waals surface area contributed by atoms with Crippen molar-refractivity contribution in [3.05, 3.63) is 24.3 Å². The smallest absolute Gasteiger partial charge is 0.101 e. The molecule has 2 atom stereocenters. The molecule has 0 bridgehead atoms. The minimum Gasteiger partial charge on any atom is -0.247 e. The molecule has 0 saturated carbocycles. The number of rotatable bonds is 6. The minimum absolute atomic E-state index is 0.200. The van der Waals surface area contributed by atoms with Gasteiger partial charge in [0.25, 0.3) is 0 Å². The van der Waals surface area contributed by atoms with Crippen molar-refractivity contribution in [1.82, 2.24) is 0 Å². The van der Waals surface area contributed by atoms with Crippen molar-refractivity contribution in [1.29, 1.82) is 0 Å². The standard InChI is InChI=1S/C14H22F2/c1-3-13(15)9-11-5-7-12(8-6-11)10-14(16)4-2/h5-8,11-14H,3-4,9-10H2,1-2H3. The molecule has 0 nitrogen and oxygen atoms in total. The minimum atomic E-state index is -0.722. The fourth-order valence-electron chi connectivity index (χ4n) is 1.94. The lowest BCUT2D eigenvalue weighted by Gasteiger charge is -2.19. The molecule has 0 spiro atoms. The van der Waals surface area contributed by atoms with E-state index in [1.807, 2.05) is 38.2 Å². The molecule has 0 aromatic carbocycles. The van der Waals surface area contributed by atoms with Gasteiger partial charge in [0.15, 0.2) is 0 Å². The third-order valence-corrected chi connectivity index (χ3v) is 3.15. The summed E-state index contributed by atoms with van der Waals surface area (Å²) in [6.45, 7) is 3.72. The Morgan fingerprint density at radius 2 is 1.12 bits per heavy atom. The highest BCUT2D eigenvalue weighted by atomic mass is 19.1. The molecule has 2 heteroatoms. The summed E-state index contributed by atoms with van der Waals surface area (Å²) in [7, 11) is 0. The molecule has 2 unspecified atom stereocenters. The van der Waals surface area contributed by atoms with E-state index in [-0.39, 0.29) is 11.8 Å². The fraction of sp³-hybridized carbons (Fsp3) is 0.714. The van der Waals surface area contributed by atoms with E-state index in [0.29, 0.717) is 25.7 Å². The molecular weight excluding hydrogens is 206 g/mol. The topological polar surface area (TPSA) is 0 Å². The van der Waals surface area contributed by atoms with Crippen molar-refractivity contribution in [2.24, 2.45) is 11.8 Å². The largest absolute Gasteiger partial charge is 0.247 e. The Kier molecular flexibility index (Phi) is 5.72. The first-order chi connectivity index (χ1) is 7.65. The monoisotopic (exact) mass is 228 g/mol. The third kappa shape index (κ3) is 4.46. The van der Waals surface area contributed by atoms with Crippen molar-refractivity contribution in [3.63, 3.8) is 0 Å². The lowest BCUT2D eigenvalue weighted by molar-refractivity contribution is 0.283. The highest BCUT2D eigenvalue weighted by Gasteiger charge is 2.16. The number of hydrogen-bond acceptors (Lipinski definition) is 0. The molecule has 16 heavy (non-hydrogen) atoms. The molecule has 0 heterocycles. The Bertz CT molecular complexity index is 207. The van der Waals surface area contributed by atoms with E-state index in [1.165, 1.54) is 0 Å². The first-order valence-corrected chi connectivity index (χ1v) is 6.30. The van der Waals surface area contributed by atoms with Crippen LogP contribution in [0.5, 0.6) is 0 Å². The van der Waals surface area contributed by atoms with Crippen LogP contribution in [0.4, 0.5) is 8.78 Å². The highest BCUT2D eigenvalue weighted by molar-refractivity contribution is 5.13. The molecule has 1 aliphatic carbocycles. The van der Waals surface area contributed by atoms with Crippen LogP contribution in [-0.4, -0.2) is 12.3 Å². The average molecular weight is 228 g/mol. The van der Waals surface area contributed by atoms with Gasteiger partial charge in [0, 0.05) is 0 Å². The van der Waals surface area contributed by atoms with Gasteiger partial charge in [0.1, 0.15) is 12.3 Å². The molecule has 0 aromatic heterocycles. The lowest BCUT2D eigenvalue weighted by atomic mass is 9.89. The van der Waals surface area contributed by atoms with E-state index in [1.54, 1.807) is 0 Å². The van der Waals surface area contributed by atoms with Crippen molar-refractivity contribution in [2.45, 2.75) is 51.9 Å². The summed E-state index contributed by atoms with van der Waals surface area (Å²) in [5, 5.41) is 0. The molecule has 0 fully saturated rings. The van der Waals surface area contributed by atoms with Crippen molar-refractivity contribution >= 4 is 0 Å². The SMILES string of the molecule is CCC(F)CC1C=CC(CC(F)CC)C=C1. The van der Waals surface area contributed by atoms with Crippen LogP contribution in [0.3, 0.4) is 0 Å². The van der Waals surface area contributed by atoms with Crippen LogP contribution in [0.1, 0.15) is 39.5 Å². The summed E-state index contributed by atoms with van der Waals surface area (Å²) in [5.74, 6) is 0.400. The Labute approximate surface area is 97.4 Å². The lowest BCUT2D eigenvalue weighted by Crippen LogP contribution is -2.11. The van der Waals surface area contributed by atoms with Crippen molar-refractivity contribution in [3.8, 4) is 0 Å². The molecule has 0 aliphatic heterocycles. The zero-order chi connectivity index (χ0) is 12.0. The van der Waals surface area contributed by atoms with Gasteiger partial charge in [-0.2, -0.15) is 0 Å². The van der Waals surface area contributed by atoms with Crippen LogP contribution in [0.2, 0.25) is 0 Å². The first-order valence-electron chi connectivity index (χ1n) is 6.30. The highest BCUT2D eigenvalue weighted by Crippen LogP contribution is 2.24. The summed E-state index contributed by atoms with van der Waals surface area (Å²) in [5.41, 5.74) is 0.